The van der Waals surface area contributed by atoms with E-state index in [4.69, 9.17) is 0 Å². The standard InChI is InChI=1S/C19H13IN5O2.ClH/c20-25(14-8-2-1-3-9-14)19(21-22-23-25)17-12-5-4-10-15(17)16-11-6-7-13-18(16)24(26)27;/h1-13H;1H/q+1;/p-1. The van der Waals surface area contributed by atoms with Crippen LogP contribution in [0.2, 0.25) is 0 Å². The number of nitro groups is 1. The molecule has 1 aliphatic rings. The summed E-state index contributed by atoms with van der Waals surface area (Å²) in [4.78, 5) is 11.1. The predicted octanol–water partition coefficient (Wildman–Crippen LogP) is 2.67. The van der Waals surface area contributed by atoms with Gasteiger partial charge in [0.1, 0.15) is 0 Å². The van der Waals surface area contributed by atoms with Crippen molar-refractivity contribution in [1.29, 1.82) is 0 Å². The molecule has 1 aliphatic heterocycles. The van der Waals surface area contributed by atoms with Gasteiger partial charge in [-0.2, -0.15) is 0 Å². The molecule has 0 saturated heterocycles. The second kappa shape index (κ2) is 8.13. The quantitative estimate of drug-likeness (QED) is 0.237. The number of para-hydroxylation sites is 2. The molecule has 7 nitrogen and oxygen atoms in total. The Morgan fingerprint density at radius 2 is 1.39 bits per heavy atom. The maximum Gasteiger partial charge on any atom is 0.297 e. The first kappa shape index (κ1) is 20.1. The summed E-state index contributed by atoms with van der Waals surface area (Å²) in [6.07, 6.45) is 0. The van der Waals surface area contributed by atoms with E-state index >= 15 is 0 Å². The van der Waals surface area contributed by atoms with Gasteiger partial charge in [-0.1, -0.05) is 53.6 Å². The first-order chi connectivity index (χ1) is 13.1. The maximum atomic E-state index is 11.5. The van der Waals surface area contributed by atoms with Gasteiger partial charge in [-0.25, -0.2) is 0 Å². The van der Waals surface area contributed by atoms with Crippen molar-refractivity contribution in [2.24, 2.45) is 15.5 Å². The highest BCUT2D eigenvalue weighted by Gasteiger charge is 2.43. The van der Waals surface area contributed by atoms with Crippen LogP contribution in [0.15, 0.2) is 94.4 Å². The van der Waals surface area contributed by atoms with Crippen LogP contribution >= 0.6 is 22.9 Å². The number of hydrogen-bond acceptors (Lipinski definition) is 5. The van der Waals surface area contributed by atoms with E-state index in [9.17, 15) is 10.1 Å². The van der Waals surface area contributed by atoms with Crippen molar-refractivity contribution in [1.82, 2.24) is 2.81 Å². The van der Waals surface area contributed by atoms with Crippen LogP contribution in [0.4, 0.5) is 11.4 Å². The molecular formula is C19H13ClIN5O2. The molecule has 0 saturated carbocycles. The highest BCUT2D eigenvalue weighted by atomic mass is 127. The largest absolute Gasteiger partial charge is 1.00 e. The SMILES string of the molecule is O=[N+]([O-])c1ccccc1-c1ccccc1C1=NN=N[N+]1(I)c1ccccc1.[Cl-]. The molecule has 0 amide bonds. The number of benzene rings is 3. The molecular weight excluding hydrogens is 493 g/mol. The third kappa shape index (κ3) is 3.41. The van der Waals surface area contributed by atoms with E-state index in [1.165, 1.54) is 6.07 Å². The van der Waals surface area contributed by atoms with Crippen LogP contribution in [0.3, 0.4) is 0 Å². The molecule has 0 radical (unpaired) electrons. The number of amidine groups is 1. The van der Waals surface area contributed by atoms with E-state index in [2.05, 4.69) is 38.4 Å². The Bertz CT molecular complexity index is 1090. The summed E-state index contributed by atoms with van der Waals surface area (Å²) in [5.41, 5.74) is 2.92. The molecule has 0 fully saturated rings. The Morgan fingerprint density at radius 1 is 0.821 bits per heavy atom. The lowest BCUT2D eigenvalue weighted by atomic mass is 9.97. The molecule has 1 heterocycles. The van der Waals surface area contributed by atoms with Gasteiger partial charge in [-0.3, -0.25) is 10.1 Å². The normalized spacial score (nSPS) is 17.7. The van der Waals surface area contributed by atoms with E-state index < -0.39 is 0 Å². The van der Waals surface area contributed by atoms with E-state index in [0.717, 1.165) is 11.3 Å². The van der Waals surface area contributed by atoms with Crippen LogP contribution < -0.4 is 15.2 Å². The Balaban J connectivity index is 0.00000225. The Hall–Kier alpha value is -2.69. The Labute approximate surface area is 181 Å². The molecule has 28 heavy (non-hydrogen) atoms. The van der Waals surface area contributed by atoms with Crippen molar-refractivity contribution >= 4 is 40.1 Å². The van der Waals surface area contributed by atoms with Gasteiger partial charge < -0.3 is 12.4 Å². The summed E-state index contributed by atoms with van der Waals surface area (Å²) in [6, 6.07) is 23.8. The molecule has 3 aromatic carbocycles. The summed E-state index contributed by atoms with van der Waals surface area (Å²) in [5, 5.41) is 24.0. The average Bonchev–Trinajstić information content (AvgIpc) is 3.11. The predicted molar refractivity (Wildman–Crippen MR) is 112 cm³/mol. The van der Waals surface area contributed by atoms with Crippen molar-refractivity contribution in [2.75, 3.05) is 0 Å². The van der Waals surface area contributed by atoms with Crippen LogP contribution in [-0.2, 0) is 0 Å². The van der Waals surface area contributed by atoms with Crippen molar-refractivity contribution in [2.45, 2.75) is 0 Å². The van der Waals surface area contributed by atoms with Crippen LogP contribution in [0.5, 0.6) is 0 Å². The fourth-order valence-corrected chi connectivity index (χ4v) is 3.77. The molecule has 140 valence electrons. The van der Waals surface area contributed by atoms with Crippen molar-refractivity contribution in [3.05, 3.63) is 94.5 Å². The first-order valence-electron chi connectivity index (χ1n) is 8.09. The monoisotopic (exact) mass is 505 g/mol. The number of quaternary nitrogens is 1. The van der Waals surface area contributed by atoms with Gasteiger partial charge in [-0.15, -0.1) is 0 Å². The number of nitro benzene ring substituents is 1. The lowest BCUT2D eigenvalue weighted by molar-refractivity contribution is -0.384. The minimum Gasteiger partial charge on any atom is -1.00 e. The van der Waals surface area contributed by atoms with Crippen molar-refractivity contribution in [3.63, 3.8) is 0 Å². The smallest absolute Gasteiger partial charge is 0.297 e. The maximum absolute atomic E-state index is 11.5. The lowest BCUT2D eigenvalue weighted by Gasteiger charge is -2.19. The minimum absolute atomic E-state index is 0. The lowest BCUT2D eigenvalue weighted by Crippen LogP contribution is -3.00. The zero-order chi connectivity index (χ0) is 18.9. The number of halogens is 2. The molecule has 0 aromatic heterocycles. The molecule has 0 N–H and O–H groups in total. The molecule has 1 unspecified atom stereocenters. The highest BCUT2D eigenvalue weighted by Crippen LogP contribution is 2.39. The van der Waals surface area contributed by atoms with Gasteiger partial charge >= 0.3 is 0 Å². The summed E-state index contributed by atoms with van der Waals surface area (Å²) < 4.78 is 0.0102. The fraction of sp³-hybridized carbons (Fsp3) is 0. The third-order valence-corrected chi connectivity index (χ3v) is 5.45. The highest BCUT2D eigenvalue weighted by molar-refractivity contribution is 14.1. The van der Waals surface area contributed by atoms with Gasteiger partial charge in [-0.05, 0) is 14.9 Å². The summed E-state index contributed by atoms with van der Waals surface area (Å²) in [6.45, 7) is 0. The molecule has 3 aromatic rings. The second-order valence-corrected chi connectivity index (χ2v) is 7.21. The van der Waals surface area contributed by atoms with Crippen LogP contribution in [-0.4, -0.2) is 10.8 Å². The van der Waals surface area contributed by atoms with Gasteiger partial charge in [0.2, 0.25) is 0 Å². The Kier molecular flexibility index (Phi) is 5.82. The van der Waals surface area contributed by atoms with E-state index in [0.29, 0.717) is 17.0 Å². The van der Waals surface area contributed by atoms with Crippen molar-refractivity contribution in [3.8, 4) is 11.1 Å². The zero-order valence-corrected chi connectivity index (χ0v) is 17.2. The number of rotatable bonds is 4. The fourth-order valence-electron chi connectivity index (χ4n) is 3.01. The first-order valence-corrected chi connectivity index (χ1v) is 9.06. The molecule has 0 spiro atoms. The molecule has 0 bridgehead atoms. The molecule has 9 heteroatoms. The van der Waals surface area contributed by atoms with E-state index in [-0.39, 0.29) is 25.8 Å². The molecule has 4 rings (SSSR count). The van der Waals surface area contributed by atoms with Gasteiger partial charge in [0.25, 0.3) is 34.4 Å². The van der Waals surface area contributed by atoms with Crippen LogP contribution in [0.25, 0.3) is 11.1 Å². The van der Waals surface area contributed by atoms with Crippen LogP contribution in [0, 0.1) is 10.1 Å². The molecule has 0 aliphatic carbocycles. The van der Waals surface area contributed by atoms with Gasteiger partial charge in [0.05, 0.1) is 21.3 Å². The summed E-state index contributed by atoms with van der Waals surface area (Å²) >= 11 is 2.17. The summed E-state index contributed by atoms with van der Waals surface area (Å²) in [5.74, 6) is 0.593. The minimum atomic E-state index is -0.374. The Morgan fingerprint density at radius 3 is 2.07 bits per heavy atom. The van der Waals surface area contributed by atoms with Crippen molar-refractivity contribution < 1.29 is 17.3 Å². The van der Waals surface area contributed by atoms with Gasteiger partial charge in [0.15, 0.2) is 5.69 Å². The van der Waals surface area contributed by atoms with Crippen LogP contribution in [0.1, 0.15) is 5.56 Å². The number of nitrogens with zero attached hydrogens (tertiary/aromatic N) is 5. The zero-order valence-electron chi connectivity index (χ0n) is 14.3. The molecule has 1 atom stereocenters. The second-order valence-electron chi connectivity index (χ2n) is 5.81. The number of hydrogen-bond donors (Lipinski definition) is 0. The van der Waals surface area contributed by atoms with Gasteiger partial charge in [0, 0.05) is 29.0 Å². The van der Waals surface area contributed by atoms with E-state index in [1.54, 1.807) is 18.2 Å². The third-order valence-electron chi connectivity index (χ3n) is 4.24. The average molecular weight is 506 g/mol. The van der Waals surface area contributed by atoms with E-state index in [1.807, 2.05) is 54.6 Å². The topological polar surface area (TPSA) is 80.2 Å². The summed E-state index contributed by atoms with van der Waals surface area (Å²) in [7, 11) is 0.